The van der Waals surface area contributed by atoms with Crippen LogP contribution in [0.2, 0.25) is 0 Å². The summed E-state index contributed by atoms with van der Waals surface area (Å²) in [7, 11) is 0. The summed E-state index contributed by atoms with van der Waals surface area (Å²) in [6.45, 7) is 4.08. The van der Waals surface area contributed by atoms with Crippen molar-refractivity contribution in [3.63, 3.8) is 0 Å². The minimum Gasteiger partial charge on any atom is -1.00 e. The van der Waals surface area contributed by atoms with Gasteiger partial charge in [0.15, 0.2) is 0 Å². The predicted octanol–water partition coefficient (Wildman–Crippen LogP) is -0.898. The molecule has 0 spiro atoms. The van der Waals surface area contributed by atoms with E-state index < -0.39 is 0 Å². The summed E-state index contributed by atoms with van der Waals surface area (Å²) in [5, 5.41) is 1.04. The zero-order chi connectivity index (χ0) is 10.1. The Bertz CT molecular complexity index is 493. The lowest BCUT2D eigenvalue weighted by Gasteiger charge is -1.93. The first kappa shape index (κ1) is 12.6. The lowest BCUT2D eigenvalue weighted by molar-refractivity contribution is -0.525. The van der Waals surface area contributed by atoms with Gasteiger partial charge in [-0.1, -0.05) is 30.4 Å². The van der Waals surface area contributed by atoms with Crippen LogP contribution in [0.5, 0.6) is 0 Å². The van der Waals surface area contributed by atoms with Gasteiger partial charge < -0.3 is 24.0 Å². The summed E-state index contributed by atoms with van der Waals surface area (Å²) in [5.74, 6) is 0. The lowest BCUT2D eigenvalue weighted by atomic mass is 10.1. The summed E-state index contributed by atoms with van der Waals surface area (Å²) in [4.78, 5) is 10.9. The Kier molecular flexibility index (Phi) is 4.21. The van der Waals surface area contributed by atoms with E-state index in [9.17, 15) is 4.79 Å². The fourth-order valence-corrected chi connectivity index (χ4v) is 2.73. The van der Waals surface area contributed by atoms with E-state index in [1.165, 1.54) is 10.3 Å². The molecule has 0 unspecified atom stereocenters. The average Bonchev–Trinajstić information content (AvgIpc) is 2.52. The van der Waals surface area contributed by atoms with Gasteiger partial charge in [-0.3, -0.25) is 0 Å². The van der Waals surface area contributed by atoms with Gasteiger partial charge in [-0.15, -0.1) is 4.57 Å². The number of hydrogen-bond acceptors (Lipinski definition) is 2. The van der Waals surface area contributed by atoms with E-state index in [-0.39, 0.29) is 24.0 Å². The maximum Gasteiger partial charge on any atom is 0.381 e. The van der Waals surface area contributed by atoms with Crippen molar-refractivity contribution >= 4 is 28.0 Å². The van der Waals surface area contributed by atoms with Crippen molar-refractivity contribution in [1.82, 2.24) is 0 Å². The van der Waals surface area contributed by atoms with Gasteiger partial charge in [-0.25, -0.2) is 4.79 Å². The van der Waals surface area contributed by atoms with Crippen molar-refractivity contribution in [2.45, 2.75) is 20.3 Å². The summed E-state index contributed by atoms with van der Waals surface area (Å²) in [6.07, 6.45) is 1.86. The highest BCUT2D eigenvalue weighted by atomic mass is 127. The Labute approximate surface area is 110 Å². The van der Waals surface area contributed by atoms with E-state index in [0.29, 0.717) is 0 Å². The first-order valence-corrected chi connectivity index (χ1v) is 5.47. The third kappa shape index (κ3) is 2.06. The van der Waals surface area contributed by atoms with Crippen molar-refractivity contribution in [2.24, 2.45) is 0 Å². The van der Waals surface area contributed by atoms with Crippen LogP contribution in [0, 0.1) is 6.92 Å². The van der Waals surface area contributed by atoms with Crippen LogP contribution < -0.4 is 28.5 Å². The standard InChI is InChI=1S/C11H12NOS.HI/c1-3-9-5-4-6-10-11(9)12(7-13)8(2)14-10;/h4-7H,3H2,1-2H3;1H/q+1;/p-1. The van der Waals surface area contributed by atoms with Crippen LogP contribution in [0.3, 0.4) is 0 Å². The molecule has 0 saturated heterocycles. The first-order chi connectivity index (χ1) is 6.77. The molecule has 2 nitrogen and oxygen atoms in total. The number of fused-ring (bicyclic) bond motifs is 1. The molecule has 15 heavy (non-hydrogen) atoms. The maximum atomic E-state index is 10.9. The highest BCUT2D eigenvalue weighted by Crippen LogP contribution is 2.22. The van der Waals surface area contributed by atoms with Crippen molar-refractivity contribution in [3.8, 4) is 0 Å². The second kappa shape index (κ2) is 5.03. The molecule has 0 atom stereocenters. The SMILES string of the molecule is CCc1cccc2sc(C)[n+](C=O)c12.[I-]. The van der Waals surface area contributed by atoms with Crippen LogP contribution in [0.15, 0.2) is 18.2 Å². The van der Waals surface area contributed by atoms with Crippen molar-refractivity contribution in [3.05, 3.63) is 28.8 Å². The largest absolute Gasteiger partial charge is 1.00 e. The molecule has 1 aromatic heterocycles. The monoisotopic (exact) mass is 333 g/mol. The molecule has 1 heterocycles. The smallest absolute Gasteiger partial charge is 0.381 e. The molecule has 0 radical (unpaired) electrons. The molecule has 0 aliphatic heterocycles. The number of benzene rings is 1. The summed E-state index contributed by atoms with van der Waals surface area (Å²) in [5.41, 5.74) is 2.31. The zero-order valence-electron chi connectivity index (χ0n) is 8.66. The van der Waals surface area contributed by atoms with Crippen LogP contribution in [0.1, 0.15) is 17.5 Å². The van der Waals surface area contributed by atoms with Crippen molar-refractivity contribution < 1.29 is 33.3 Å². The number of hydrogen-bond donors (Lipinski definition) is 0. The molecular weight excluding hydrogens is 321 g/mol. The number of carbonyl (C=O) groups excluding carboxylic acids is 1. The molecule has 2 aromatic rings. The average molecular weight is 333 g/mol. The number of rotatable bonds is 2. The fourth-order valence-electron chi connectivity index (χ4n) is 1.70. The molecule has 0 fully saturated rings. The second-order valence-corrected chi connectivity index (χ2v) is 4.45. The van der Waals surface area contributed by atoms with Crippen molar-refractivity contribution in [1.29, 1.82) is 0 Å². The summed E-state index contributed by atoms with van der Waals surface area (Å²) in [6, 6.07) is 6.19. The Morgan fingerprint density at radius 3 is 2.80 bits per heavy atom. The van der Waals surface area contributed by atoms with Crippen molar-refractivity contribution in [2.75, 3.05) is 0 Å². The lowest BCUT2D eigenvalue weighted by Crippen LogP contribution is -3.00. The number of nitrogens with zero attached hydrogens (tertiary/aromatic N) is 1. The molecule has 1 aromatic carbocycles. The zero-order valence-corrected chi connectivity index (χ0v) is 11.6. The van der Waals surface area contributed by atoms with Gasteiger partial charge in [0.2, 0.25) is 10.5 Å². The van der Waals surface area contributed by atoms with Crippen LogP contribution in [0.25, 0.3) is 10.2 Å². The summed E-state index contributed by atoms with van der Waals surface area (Å²) >= 11 is 1.66. The Morgan fingerprint density at radius 1 is 1.47 bits per heavy atom. The quantitative estimate of drug-likeness (QED) is 0.397. The number of aromatic nitrogens is 1. The Hall–Kier alpha value is -0.490. The fraction of sp³-hybridized carbons (Fsp3) is 0.273. The van der Waals surface area contributed by atoms with Gasteiger partial charge >= 0.3 is 6.41 Å². The van der Waals surface area contributed by atoms with Crippen LogP contribution in [-0.4, -0.2) is 6.41 Å². The minimum absolute atomic E-state index is 0. The third-order valence-corrected chi connectivity index (χ3v) is 3.45. The molecular formula is C11H12INOS. The molecule has 0 N–H and O–H groups in total. The molecule has 0 bridgehead atoms. The summed E-state index contributed by atoms with van der Waals surface area (Å²) < 4.78 is 2.92. The Morgan fingerprint density at radius 2 is 2.20 bits per heavy atom. The van der Waals surface area contributed by atoms with Gasteiger partial charge in [-0.2, -0.15) is 0 Å². The highest BCUT2D eigenvalue weighted by Gasteiger charge is 2.18. The molecule has 4 heteroatoms. The van der Waals surface area contributed by atoms with Gasteiger partial charge in [0.05, 0.1) is 0 Å². The van der Waals surface area contributed by atoms with E-state index in [1.54, 1.807) is 15.9 Å². The van der Waals surface area contributed by atoms with E-state index in [1.807, 2.05) is 13.0 Å². The number of para-hydroxylation sites is 1. The van der Waals surface area contributed by atoms with E-state index in [0.717, 1.165) is 23.4 Å². The minimum atomic E-state index is 0. The molecule has 0 aliphatic rings. The van der Waals surface area contributed by atoms with Crippen LogP contribution in [-0.2, 0) is 11.2 Å². The number of thiazole rings is 1. The van der Waals surface area contributed by atoms with Crippen LogP contribution >= 0.6 is 11.3 Å². The van der Waals surface area contributed by atoms with Gasteiger partial charge in [0.25, 0.3) is 0 Å². The Balaban J connectivity index is 0.00000112. The van der Waals surface area contributed by atoms with E-state index >= 15 is 0 Å². The number of halogens is 1. The van der Waals surface area contributed by atoms with E-state index in [4.69, 9.17) is 0 Å². The first-order valence-electron chi connectivity index (χ1n) is 4.65. The second-order valence-electron chi connectivity index (χ2n) is 3.21. The van der Waals surface area contributed by atoms with Gasteiger partial charge in [0.1, 0.15) is 4.70 Å². The topological polar surface area (TPSA) is 20.9 Å². The normalized spacial score (nSPS) is 10.0. The molecule has 0 aliphatic carbocycles. The third-order valence-electron chi connectivity index (χ3n) is 2.41. The molecule has 0 saturated carbocycles. The number of carbonyl (C=O) groups is 1. The number of aryl methyl sites for hydroxylation is 2. The van der Waals surface area contributed by atoms with E-state index in [2.05, 4.69) is 19.1 Å². The molecule has 2 rings (SSSR count). The van der Waals surface area contributed by atoms with Crippen LogP contribution in [0.4, 0.5) is 0 Å². The van der Waals surface area contributed by atoms with Gasteiger partial charge in [-0.05, 0) is 12.5 Å². The molecule has 80 valence electrons. The molecule has 0 amide bonds. The highest BCUT2D eigenvalue weighted by molar-refractivity contribution is 7.18. The van der Waals surface area contributed by atoms with Gasteiger partial charge in [0, 0.05) is 12.5 Å². The maximum absolute atomic E-state index is 10.9. The predicted molar refractivity (Wildman–Crippen MR) is 58.3 cm³/mol.